The van der Waals surface area contributed by atoms with Gasteiger partial charge in [0.2, 0.25) is 0 Å². The van der Waals surface area contributed by atoms with Gasteiger partial charge in [0, 0.05) is 22.9 Å². The first-order chi connectivity index (χ1) is 16.7. The molecule has 0 bridgehead atoms. The molecule has 0 fully saturated rings. The number of ether oxygens (including phenoxy) is 4. The Morgan fingerprint density at radius 2 is 1.89 bits per heavy atom. The minimum atomic E-state index is -0.946. The number of ketones is 1. The van der Waals surface area contributed by atoms with Crippen molar-refractivity contribution in [2.75, 3.05) is 20.8 Å². The second-order valence-corrected chi connectivity index (χ2v) is 9.00. The number of esters is 2. The Balaban J connectivity index is 2.20. The van der Waals surface area contributed by atoms with Crippen LogP contribution in [0.4, 0.5) is 0 Å². The monoisotopic (exact) mass is 485 g/mol. The zero-order chi connectivity index (χ0) is 25.9. The van der Waals surface area contributed by atoms with Crippen LogP contribution in [0, 0.1) is 11.8 Å². The van der Waals surface area contributed by atoms with Gasteiger partial charge in [-0.15, -0.1) is 0 Å². The van der Waals surface area contributed by atoms with Gasteiger partial charge in [0.25, 0.3) is 0 Å². The number of carbonyl (C=O) groups is 3. The van der Waals surface area contributed by atoms with Gasteiger partial charge in [-0.05, 0) is 57.2 Å². The summed E-state index contributed by atoms with van der Waals surface area (Å²) in [6.45, 7) is 9.75. The number of allylic oxidation sites excluding steroid dienone is 3. The Morgan fingerprint density at radius 3 is 2.49 bits per heavy atom. The average molecular weight is 486 g/mol. The average Bonchev–Trinajstić information content (AvgIpc) is 2.83. The fourth-order valence-electron chi connectivity index (χ4n) is 4.75. The van der Waals surface area contributed by atoms with Gasteiger partial charge < -0.3 is 24.3 Å². The molecule has 4 atom stereocenters. The van der Waals surface area contributed by atoms with Crippen molar-refractivity contribution >= 4 is 17.7 Å². The van der Waals surface area contributed by atoms with Gasteiger partial charge in [0.1, 0.15) is 5.92 Å². The zero-order valence-electron chi connectivity index (χ0n) is 21.5. The molecule has 0 aromatic heterocycles. The Labute approximate surface area is 206 Å². The number of nitrogens with one attached hydrogen (secondary N) is 1. The molecule has 1 N–H and O–H groups in total. The van der Waals surface area contributed by atoms with Crippen molar-refractivity contribution in [2.45, 2.75) is 59.5 Å². The highest BCUT2D eigenvalue weighted by atomic mass is 16.5. The molecule has 1 aliphatic carbocycles. The summed E-state index contributed by atoms with van der Waals surface area (Å²) in [5.41, 5.74) is 2.71. The Bertz CT molecular complexity index is 1070. The van der Waals surface area contributed by atoms with E-state index in [1.54, 1.807) is 19.1 Å². The third kappa shape index (κ3) is 5.06. The SMILES string of the molecule is CCOc1ccc([C@@H]2C(C(=O)O[C@@H](C)CC)=C(C)NC3=C2C(=O)[C@@H](C(=O)OC)[C@@H](C)C3)cc1OC. The quantitative estimate of drug-likeness (QED) is 0.435. The highest BCUT2D eigenvalue weighted by Crippen LogP contribution is 2.47. The second kappa shape index (κ2) is 11.0. The Hall–Kier alpha value is -3.29. The molecule has 3 rings (SSSR count). The maximum atomic E-state index is 13.8. The predicted octanol–water partition coefficient (Wildman–Crippen LogP) is 4.05. The summed E-state index contributed by atoms with van der Waals surface area (Å²) >= 11 is 0. The van der Waals surface area contributed by atoms with E-state index in [1.165, 1.54) is 14.2 Å². The van der Waals surface area contributed by atoms with Crippen molar-refractivity contribution in [1.29, 1.82) is 0 Å². The largest absolute Gasteiger partial charge is 0.493 e. The molecule has 2 aliphatic rings. The number of hydrogen-bond acceptors (Lipinski definition) is 8. The van der Waals surface area contributed by atoms with E-state index in [2.05, 4.69) is 5.32 Å². The first-order valence-electron chi connectivity index (χ1n) is 12.0. The summed E-state index contributed by atoms with van der Waals surface area (Å²) in [6.07, 6.45) is 0.830. The van der Waals surface area contributed by atoms with Crippen LogP contribution in [-0.2, 0) is 23.9 Å². The van der Waals surface area contributed by atoms with E-state index in [-0.39, 0.29) is 17.8 Å². The smallest absolute Gasteiger partial charge is 0.337 e. The molecule has 1 heterocycles. The maximum Gasteiger partial charge on any atom is 0.337 e. The normalized spacial score (nSPS) is 22.7. The molecule has 190 valence electrons. The third-order valence-corrected chi connectivity index (χ3v) is 6.67. The number of benzene rings is 1. The van der Waals surface area contributed by atoms with Crippen LogP contribution < -0.4 is 14.8 Å². The number of rotatable bonds is 8. The fraction of sp³-hybridized carbons (Fsp3) is 0.519. The fourth-order valence-corrected chi connectivity index (χ4v) is 4.75. The number of Topliss-reactive ketones (excluding diaryl/α,β-unsaturated/α-hetero) is 1. The van der Waals surface area contributed by atoms with Crippen LogP contribution in [0.5, 0.6) is 11.5 Å². The molecule has 0 radical (unpaired) electrons. The molecule has 1 aromatic rings. The van der Waals surface area contributed by atoms with E-state index < -0.39 is 23.8 Å². The van der Waals surface area contributed by atoms with Crippen molar-refractivity contribution in [3.63, 3.8) is 0 Å². The van der Waals surface area contributed by atoms with Gasteiger partial charge in [-0.25, -0.2) is 4.79 Å². The summed E-state index contributed by atoms with van der Waals surface area (Å²) in [7, 11) is 2.81. The number of methoxy groups -OCH3 is 2. The van der Waals surface area contributed by atoms with Crippen LogP contribution in [-0.4, -0.2) is 44.7 Å². The maximum absolute atomic E-state index is 13.8. The van der Waals surface area contributed by atoms with Crippen molar-refractivity contribution in [2.24, 2.45) is 11.8 Å². The first-order valence-corrected chi connectivity index (χ1v) is 12.0. The molecule has 0 amide bonds. The highest BCUT2D eigenvalue weighted by Gasteiger charge is 2.47. The molecule has 0 unspecified atom stereocenters. The van der Waals surface area contributed by atoms with Gasteiger partial charge in [-0.3, -0.25) is 9.59 Å². The van der Waals surface area contributed by atoms with E-state index in [0.717, 1.165) is 0 Å². The lowest BCUT2D eigenvalue weighted by Gasteiger charge is -2.38. The Morgan fingerprint density at radius 1 is 1.17 bits per heavy atom. The number of dihydropyridines is 1. The lowest BCUT2D eigenvalue weighted by atomic mass is 9.69. The van der Waals surface area contributed by atoms with Crippen molar-refractivity contribution in [3.8, 4) is 11.5 Å². The summed E-state index contributed by atoms with van der Waals surface area (Å²) in [4.78, 5) is 39.8. The van der Waals surface area contributed by atoms with E-state index >= 15 is 0 Å². The predicted molar refractivity (Wildman–Crippen MR) is 130 cm³/mol. The van der Waals surface area contributed by atoms with E-state index in [9.17, 15) is 14.4 Å². The summed E-state index contributed by atoms with van der Waals surface area (Å²) in [5.74, 6) is -2.32. The van der Waals surface area contributed by atoms with Crippen molar-refractivity contribution in [1.82, 2.24) is 5.32 Å². The summed E-state index contributed by atoms with van der Waals surface area (Å²) in [6, 6.07) is 5.35. The van der Waals surface area contributed by atoms with E-state index in [0.29, 0.717) is 59.1 Å². The molecule has 8 nitrogen and oxygen atoms in total. The number of carbonyl (C=O) groups excluding carboxylic acids is 3. The number of hydrogen-bond donors (Lipinski definition) is 1. The van der Waals surface area contributed by atoms with Crippen LogP contribution in [0.2, 0.25) is 0 Å². The Kier molecular flexibility index (Phi) is 8.25. The molecule has 8 heteroatoms. The minimum absolute atomic E-state index is 0.252. The van der Waals surface area contributed by atoms with Gasteiger partial charge in [-0.2, -0.15) is 0 Å². The lowest BCUT2D eigenvalue weighted by Crippen LogP contribution is -2.43. The topological polar surface area (TPSA) is 100 Å². The van der Waals surface area contributed by atoms with E-state index in [1.807, 2.05) is 33.8 Å². The molecular weight excluding hydrogens is 450 g/mol. The minimum Gasteiger partial charge on any atom is -0.493 e. The summed E-state index contributed by atoms with van der Waals surface area (Å²) in [5, 5.41) is 3.27. The molecule has 0 saturated carbocycles. The third-order valence-electron chi connectivity index (χ3n) is 6.67. The molecule has 0 saturated heterocycles. The molecule has 35 heavy (non-hydrogen) atoms. The molecule has 1 aromatic carbocycles. The molecule has 0 spiro atoms. The van der Waals surface area contributed by atoms with Crippen LogP contribution in [0.3, 0.4) is 0 Å². The van der Waals surface area contributed by atoms with Crippen LogP contribution >= 0.6 is 0 Å². The first kappa shape index (κ1) is 26.3. The summed E-state index contributed by atoms with van der Waals surface area (Å²) < 4.78 is 21.8. The molecular formula is C27H35NO7. The zero-order valence-corrected chi connectivity index (χ0v) is 21.5. The van der Waals surface area contributed by atoms with Crippen LogP contribution in [0.1, 0.15) is 58.9 Å². The van der Waals surface area contributed by atoms with Crippen LogP contribution in [0.15, 0.2) is 40.7 Å². The van der Waals surface area contributed by atoms with Gasteiger partial charge >= 0.3 is 11.9 Å². The van der Waals surface area contributed by atoms with Crippen molar-refractivity contribution < 1.29 is 33.3 Å². The van der Waals surface area contributed by atoms with Crippen molar-refractivity contribution in [3.05, 3.63) is 46.3 Å². The highest BCUT2D eigenvalue weighted by molar-refractivity contribution is 6.12. The molecule has 1 aliphatic heterocycles. The van der Waals surface area contributed by atoms with E-state index in [4.69, 9.17) is 18.9 Å². The van der Waals surface area contributed by atoms with Gasteiger partial charge in [0.05, 0.1) is 32.5 Å². The second-order valence-electron chi connectivity index (χ2n) is 9.00. The van der Waals surface area contributed by atoms with Gasteiger partial charge in [-0.1, -0.05) is 19.9 Å². The van der Waals surface area contributed by atoms with Crippen LogP contribution in [0.25, 0.3) is 0 Å². The van der Waals surface area contributed by atoms with Gasteiger partial charge in [0.15, 0.2) is 17.3 Å². The lowest BCUT2D eigenvalue weighted by molar-refractivity contribution is -0.151. The standard InChI is InChI=1S/C27H35NO7/c1-8-15(4)35-27(31)22-16(5)28-18-12-14(3)21(26(30)33-7)25(29)24(18)23(22)17-10-11-19(34-9-2)20(13-17)32-6/h10-11,13-15,21,23,28H,8-9,12H2,1-7H3/t14-,15-,21-,23+/m0/s1.